The molecule has 0 atom stereocenters. The molecule has 0 heterocycles. The zero-order valence-corrected chi connectivity index (χ0v) is 15.0. The van der Waals surface area contributed by atoms with Gasteiger partial charge in [-0.05, 0) is 79.6 Å². The molecule has 1 fully saturated rings. The maximum absolute atomic E-state index is 12.2. The highest BCUT2D eigenvalue weighted by Gasteiger charge is 2.31. The van der Waals surface area contributed by atoms with Gasteiger partial charge >= 0.3 is 12.3 Å². The van der Waals surface area contributed by atoms with Crippen molar-refractivity contribution in [1.82, 2.24) is 0 Å². The van der Waals surface area contributed by atoms with Crippen LogP contribution in [0.2, 0.25) is 0 Å². The van der Waals surface area contributed by atoms with Crippen LogP contribution in [0.4, 0.5) is 24.5 Å². The molecule has 0 aromatic heterocycles. The second kappa shape index (κ2) is 8.00. The fourth-order valence-electron chi connectivity index (χ4n) is 3.46. The number of hydrogen-bond donors (Lipinski definition) is 2. The number of carbonyl (C=O) groups excluding carboxylic acids is 1. The first-order valence-electron chi connectivity index (χ1n) is 8.92. The Morgan fingerprint density at radius 2 is 1.50 bits per heavy atom. The van der Waals surface area contributed by atoms with Crippen molar-refractivity contribution in [2.75, 3.05) is 11.5 Å². The van der Waals surface area contributed by atoms with E-state index in [0.717, 1.165) is 30.5 Å². The Hall–Kier alpha value is -2.90. The molecular weight excluding hydrogens is 373 g/mol. The summed E-state index contributed by atoms with van der Waals surface area (Å²) >= 11 is 0. The Bertz CT molecular complexity index is 809. The highest BCUT2D eigenvalue weighted by atomic mass is 19.4. The van der Waals surface area contributed by atoms with Crippen molar-refractivity contribution in [2.24, 2.45) is 0 Å². The quantitative estimate of drug-likeness (QED) is 0.583. The minimum atomic E-state index is -4.77. The average Bonchev–Trinajstić information content (AvgIpc) is 2.60. The molecule has 0 unspecified atom stereocenters. The molecule has 4 N–H and O–H groups in total. The Labute approximate surface area is 160 Å². The summed E-state index contributed by atoms with van der Waals surface area (Å²) in [4.78, 5) is 12.2. The van der Waals surface area contributed by atoms with Crippen LogP contribution in [0.3, 0.4) is 0 Å². The van der Waals surface area contributed by atoms with Crippen molar-refractivity contribution < 1.29 is 27.4 Å². The van der Waals surface area contributed by atoms with E-state index in [0.29, 0.717) is 30.1 Å². The van der Waals surface area contributed by atoms with E-state index in [1.807, 2.05) is 12.1 Å². The van der Waals surface area contributed by atoms with E-state index in [9.17, 15) is 18.0 Å². The van der Waals surface area contributed by atoms with E-state index in [4.69, 9.17) is 16.2 Å². The van der Waals surface area contributed by atoms with Crippen molar-refractivity contribution in [2.45, 2.75) is 44.1 Å². The van der Waals surface area contributed by atoms with E-state index < -0.39 is 12.3 Å². The van der Waals surface area contributed by atoms with Gasteiger partial charge in [0.15, 0.2) is 0 Å². The lowest BCUT2D eigenvalue weighted by atomic mass is 9.82. The SMILES string of the molecule is Nc1cc(N)cc(C2CCC(OC(=O)c3ccc(OC(F)(F)F)cc3)CC2)c1. The molecule has 0 radical (unpaired) electrons. The summed E-state index contributed by atoms with van der Waals surface area (Å²) in [6.45, 7) is 0. The summed E-state index contributed by atoms with van der Waals surface area (Å²) < 4.78 is 45.8. The van der Waals surface area contributed by atoms with E-state index >= 15 is 0 Å². The summed E-state index contributed by atoms with van der Waals surface area (Å²) in [5.41, 5.74) is 14.2. The van der Waals surface area contributed by atoms with Crippen molar-refractivity contribution in [1.29, 1.82) is 0 Å². The second-order valence-electron chi connectivity index (χ2n) is 6.88. The van der Waals surface area contributed by atoms with Gasteiger partial charge in [-0.3, -0.25) is 0 Å². The maximum Gasteiger partial charge on any atom is 0.573 e. The molecule has 1 saturated carbocycles. The van der Waals surface area contributed by atoms with Gasteiger partial charge in [-0.2, -0.15) is 0 Å². The first kappa shape index (κ1) is 19.9. The number of anilines is 2. The van der Waals surface area contributed by atoms with E-state index in [1.165, 1.54) is 12.1 Å². The van der Waals surface area contributed by atoms with Gasteiger partial charge in [-0.25, -0.2) is 4.79 Å². The number of benzene rings is 2. The zero-order chi connectivity index (χ0) is 20.3. The lowest BCUT2D eigenvalue weighted by molar-refractivity contribution is -0.274. The topological polar surface area (TPSA) is 87.6 Å². The number of rotatable bonds is 4. The summed E-state index contributed by atoms with van der Waals surface area (Å²) in [7, 11) is 0. The summed E-state index contributed by atoms with van der Waals surface area (Å²) in [5, 5.41) is 0. The van der Waals surface area contributed by atoms with Crippen molar-refractivity contribution in [3.8, 4) is 5.75 Å². The fourth-order valence-corrected chi connectivity index (χ4v) is 3.46. The van der Waals surface area contributed by atoms with Gasteiger partial charge in [-0.15, -0.1) is 13.2 Å². The zero-order valence-electron chi connectivity index (χ0n) is 15.0. The average molecular weight is 394 g/mol. The predicted molar refractivity (Wildman–Crippen MR) is 98.8 cm³/mol. The molecule has 2 aromatic rings. The molecule has 0 spiro atoms. The van der Waals surface area contributed by atoms with Gasteiger partial charge in [-0.1, -0.05) is 0 Å². The van der Waals surface area contributed by atoms with Crippen LogP contribution in [-0.4, -0.2) is 18.4 Å². The standard InChI is InChI=1S/C20H21F3N2O3/c21-20(22,23)28-18-7-3-13(4-8-18)19(26)27-17-5-1-12(2-6-17)14-9-15(24)11-16(25)10-14/h3-4,7-12,17H,1-2,5-6,24-25H2. The van der Waals surface area contributed by atoms with Crippen LogP contribution in [-0.2, 0) is 4.74 Å². The summed E-state index contributed by atoms with van der Waals surface area (Å²) in [6, 6.07) is 10.2. The molecule has 1 aliphatic carbocycles. The Morgan fingerprint density at radius 1 is 0.929 bits per heavy atom. The Morgan fingerprint density at radius 3 is 2.04 bits per heavy atom. The molecule has 150 valence electrons. The molecule has 3 rings (SSSR count). The molecule has 28 heavy (non-hydrogen) atoms. The monoisotopic (exact) mass is 394 g/mol. The van der Waals surface area contributed by atoms with Crippen LogP contribution in [0.15, 0.2) is 42.5 Å². The number of esters is 1. The van der Waals surface area contributed by atoms with Crippen LogP contribution in [0.25, 0.3) is 0 Å². The third kappa shape index (κ3) is 5.31. The highest BCUT2D eigenvalue weighted by molar-refractivity contribution is 5.89. The highest BCUT2D eigenvalue weighted by Crippen LogP contribution is 2.36. The number of carbonyl (C=O) groups is 1. The molecule has 8 heteroatoms. The third-order valence-corrected chi connectivity index (χ3v) is 4.74. The van der Waals surface area contributed by atoms with E-state index in [2.05, 4.69) is 4.74 Å². The van der Waals surface area contributed by atoms with Crippen LogP contribution < -0.4 is 16.2 Å². The van der Waals surface area contributed by atoms with Gasteiger partial charge in [0.05, 0.1) is 5.56 Å². The van der Waals surface area contributed by atoms with E-state index in [1.54, 1.807) is 6.07 Å². The normalized spacial score (nSPS) is 19.8. The minimum Gasteiger partial charge on any atom is -0.459 e. The number of hydrogen-bond acceptors (Lipinski definition) is 5. The van der Waals surface area contributed by atoms with Crippen LogP contribution >= 0.6 is 0 Å². The molecular formula is C20H21F3N2O3. The molecule has 0 bridgehead atoms. The lowest BCUT2D eigenvalue weighted by Gasteiger charge is -2.29. The van der Waals surface area contributed by atoms with Crippen LogP contribution in [0.1, 0.15) is 47.5 Å². The van der Waals surface area contributed by atoms with Crippen LogP contribution in [0.5, 0.6) is 5.75 Å². The summed E-state index contributed by atoms with van der Waals surface area (Å²) in [6.07, 6.45) is -1.94. The maximum atomic E-state index is 12.2. The first-order chi connectivity index (χ1) is 13.2. The fraction of sp³-hybridized carbons (Fsp3) is 0.350. The van der Waals surface area contributed by atoms with E-state index in [-0.39, 0.29) is 17.4 Å². The van der Waals surface area contributed by atoms with Crippen molar-refractivity contribution in [3.05, 3.63) is 53.6 Å². The Balaban J connectivity index is 1.53. The predicted octanol–water partition coefficient (Wildman–Crippen LogP) is 4.63. The van der Waals surface area contributed by atoms with Gasteiger partial charge in [0.1, 0.15) is 11.9 Å². The minimum absolute atomic E-state index is 0.181. The first-order valence-corrected chi connectivity index (χ1v) is 8.92. The largest absolute Gasteiger partial charge is 0.573 e. The molecule has 2 aromatic carbocycles. The van der Waals surface area contributed by atoms with Crippen molar-refractivity contribution >= 4 is 17.3 Å². The molecule has 0 saturated heterocycles. The third-order valence-electron chi connectivity index (χ3n) is 4.74. The Kier molecular flexibility index (Phi) is 5.67. The van der Waals surface area contributed by atoms with Gasteiger partial charge in [0.2, 0.25) is 0 Å². The molecule has 0 amide bonds. The number of halogens is 3. The smallest absolute Gasteiger partial charge is 0.459 e. The number of nitrogens with two attached hydrogens (primary N) is 2. The molecule has 5 nitrogen and oxygen atoms in total. The molecule has 0 aliphatic heterocycles. The summed E-state index contributed by atoms with van der Waals surface area (Å²) in [5.74, 6) is -0.638. The van der Waals surface area contributed by atoms with Crippen LogP contribution in [0, 0.1) is 0 Å². The number of nitrogen functional groups attached to an aromatic ring is 2. The van der Waals surface area contributed by atoms with Gasteiger partial charge < -0.3 is 20.9 Å². The second-order valence-corrected chi connectivity index (χ2v) is 6.88. The lowest BCUT2D eigenvalue weighted by Crippen LogP contribution is -2.24. The number of ether oxygens (including phenoxy) is 2. The molecule has 1 aliphatic rings. The van der Waals surface area contributed by atoms with Gasteiger partial charge in [0.25, 0.3) is 0 Å². The van der Waals surface area contributed by atoms with Crippen molar-refractivity contribution in [3.63, 3.8) is 0 Å². The number of alkyl halides is 3. The van der Waals surface area contributed by atoms with Gasteiger partial charge in [0, 0.05) is 11.4 Å².